The van der Waals surface area contributed by atoms with E-state index in [9.17, 15) is 0 Å². The molecule has 1 N–H and O–H groups in total. The summed E-state index contributed by atoms with van der Waals surface area (Å²) < 4.78 is 0. The van der Waals surface area contributed by atoms with Gasteiger partial charge in [0.25, 0.3) is 0 Å². The van der Waals surface area contributed by atoms with Gasteiger partial charge in [0.05, 0.1) is 0 Å². The summed E-state index contributed by atoms with van der Waals surface area (Å²) in [6.07, 6.45) is 0. The molecule has 0 bridgehead atoms. The van der Waals surface area contributed by atoms with Gasteiger partial charge in [0.2, 0.25) is 0 Å². The molecule has 0 atom stereocenters. The van der Waals surface area contributed by atoms with Crippen molar-refractivity contribution in [3.05, 3.63) is 28.8 Å². The van der Waals surface area contributed by atoms with Gasteiger partial charge in [-0.15, -0.1) is 0 Å². The van der Waals surface area contributed by atoms with Crippen molar-refractivity contribution in [3.8, 4) is 0 Å². The Bertz CT molecular complexity index is 427. The molecule has 0 aliphatic carbocycles. The van der Waals surface area contributed by atoms with Crippen molar-refractivity contribution in [3.63, 3.8) is 0 Å². The molecule has 0 aliphatic heterocycles. The molecule has 0 spiro atoms. The highest BCUT2D eigenvalue weighted by atomic mass is 35.5. The fourth-order valence-corrected chi connectivity index (χ4v) is 2.69. The maximum absolute atomic E-state index is 6.46. The van der Waals surface area contributed by atoms with Crippen LogP contribution in [0, 0.1) is 11.8 Å². The van der Waals surface area contributed by atoms with Gasteiger partial charge in [-0.1, -0.05) is 45.4 Å². The third-order valence-corrected chi connectivity index (χ3v) is 3.80. The Balaban J connectivity index is 3.00. The molecule has 0 unspecified atom stereocenters. The Hall–Kier alpha value is -0.730. The molecule has 2 nitrogen and oxygen atoms in total. The zero-order valence-electron chi connectivity index (χ0n) is 14.4. The molecule has 1 aromatic rings. The lowest BCUT2D eigenvalue weighted by Crippen LogP contribution is -2.35. The number of anilines is 1. The van der Waals surface area contributed by atoms with Gasteiger partial charge >= 0.3 is 0 Å². The van der Waals surface area contributed by atoms with E-state index in [1.165, 1.54) is 11.3 Å². The molecule has 0 amide bonds. The van der Waals surface area contributed by atoms with Crippen LogP contribution in [0.4, 0.5) is 5.69 Å². The lowest BCUT2D eigenvalue weighted by molar-refractivity contribution is 0.546. The van der Waals surface area contributed by atoms with E-state index in [-0.39, 0.29) is 0 Å². The Morgan fingerprint density at radius 1 is 1.05 bits per heavy atom. The van der Waals surface area contributed by atoms with Crippen molar-refractivity contribution >= 4 is 17.3 Å². The molecule has 0 saturated carbocycles. The molecular weight excluding hydrogens is 280 g/mol. The smallest absolute Gasteiger partial charge is 0.0471 e. The summed E-state index contributed by atoms with van der Waals surface area (Å²) in [5, 5.41) is 4.38. The minimum Gasteiger partial charge on any atom is -0.369 e. The summed E-state index contributed by atoms with van der Waals surface area (Å²) in [5.74, 6) is 1.27. The highest BCUT2D eigenvalue weighted by Crippen LogP contribution is 2.29. The van der Waals surface area contributed by atoms with Crippen molar-refractivity contribution in [2.45, 2.75) is 54.1 Å². The molecule has 0 fully saturated rings. The predicted octanol–water partition coefficient (Wildman–Crippen LogP) is 4.96. The monoisotopic (exact) mass is 310 g/mol. The van der Waals surface area contributed by atoms with E-state index in [4.69, 9.17) is 11.6 Å². The van der Waals surface area contributed by atoms with Crippen LogP contribution in [0.25, 0.3) is 0 Å². The first-order valence-corrected chi connectivity index (χ1v) is 8.45. The van der Waals surface area contributed by atoms with Crippen LogP contribution in [0.3, 0.4) is 0 Å². The molecule has 1 rings (SSSR count). The average Bonchev–Trinajstić information content (AvgIpc) is 2.37. The van der Waals surface area contributed by atoms with Crippen LogP contribution in [0.2, 0.25) is 5.02 Å². The second-order valence-electron chi connectivity index (χ2n) is 6.90. The standard InChI is InChI=1S/C18H31ClN2/c1-13(2)10-20-11-16-17(19)8-7-9-18(16)21(15(5)6)12-14(3)4/h7-9,13-15,20H,10-12H2,1-6H3. The van der Waals surface area contributed by atoms with Crippen LogP contribution in [0.15, 0.2) is 18.2 Å². The Labute approximate surface area is 135 Å². The Morgan fingerprint density at radius 3 is 2.24 bits per heavy atom. The maximum Gasteiger partial charge on any atom is 0.0471 e. The van der Waals surface area contributed by atoms with Gasteiger partial charge in [0.1, 0.15) is 0 Å². The predicted molar refractivity (Wildman–Crippen MR) is 95.3 cm³/mol. The van der Waals surface area contributed by atoms with Gasteiger partial charge < -0.3 is 10.2 Å². The fraction of sp³-hybridized carbons (Fsp3) is 0.667. The summed E-state index contributed by atoms with van der Waals surface area (Å²) in [7, 11) is 0. The van der Waals surface area contributed by atoms with Crippen molar-refractivity contribution in [2.24, 2.45) is 11.8 Å². The van der Waals surface area contributed by atoms with Gasteiger partial charge in [0, 0.05) is 35.4 Å². The van der Waals surface area contributed by atoms with E-state index in [2.05, 4.69) is 63.9 Å². The summed E-state index contributed by atoms with van der Waals surface area (Å²) in [6.45, 7) is 16.3. The van der Waals surface area contributed by atoms with Gasteiger partial charge in [-0.2, -0.15) is 0 Å². The van der Waals surface area contributed by atoms with Crippen LogP contribution in [-0.4, -0.2) is 19.1 Å². The lowest BCUT2D eigenvalue weighted by Gasteiger charge is -2.33. The number of benzene rings is 1. The van der Waals surface area contributed by atoms with Crippen LogP contribution >= 0.6 is 11.6 Å². The summed E-state index contributed by atoms with van der Waals surface area (Å²) in [4.78, 5) is 2.46. The zero-order chi connectivity index (χ0) is 16.0. The maximum atomic E-state index is 6.46. The van der Waals surface area contributed by atoms with E-state index >= 15 is 0 Å². The van der Waals surface area contributed by atoms with E-state index in [0.717, 1.165) is 24.7 Å². The average molecular weight is 311 g/mol. The first-order valence-electron chi connectivity index (χ1n) is 8.07. The Kier molecular flexibility index (Phi) is 7.55. The van der Waals surface area contributed by atoms with Gasteiger partial charge in [-0.05, 0) is 44.4 Å². The van der Waals surface area contributed by atoms with Gasteiger partial charge in [-0.3, -0.25) is 0 Å². The largest absolute Gasteiger partial charge is 0.369 e. The van der Waals surface area contributed by atoms with Crippen molar-refractivity contribution in [1.29, 1.82) is 0 Å². The third kappa shape index (κ3) is 5.88. The Morgan fingerprint density at radius 2 is 1.71 bits per heavy atom. The molecule has 0 aliphatic rings. The minimum atomic E-state index is 0.467. The second kappa shape index (κ2) is 8.65. The van der Waals surface area contributed by atoms with Crippen LogP contribution in [-0.2, 0) is 6.54 Å². The summed E-state index contributed by atoms with van der Waals surface area (Å²) in [5.41, 5.74) is 2.48. The highest BCUT2D eigenvalue weighted by Gasteiger charge is 2.17. The molecule has 120 valence electrons. The first-order chi connectivity index (χ1) is 9.82. The number of nitrogens with zero attached hydrogens (tertiary/aromatic N) is 1. The molecule has 0 heterocycles. The minimum absolute atomic E-state index is 0.467. The van der Waals surface area contributed by atoms with E-state index < -0.39 is 0 Å². The zero-order valence-corrected chi connectivity index (χ0v) is 15.2. The quantitative estimate of drug-likeness (QED) is 0.730. The number of nitrogens with one attached hydrogen (secondary N) is 1. The molecule has 0 radical (unpaired) electrons. The normalized spacial score (nSPS) is 11.7. The van der Waals surface area contributed by atoms with E-state index in [0.29, 0.717) is 17.9 Å². The van der Waals surface area contributed by atoms with Crippen molar-refractivity contribution < 1.29 is 0 Å². The molecule has 21 heavy (non-hydrogen) atoms. The summed E-state index contributed by atoms with van der Waals surface area (Å²) in [6, 6.07) is 6.71. The number of hydrogen-bond donors (Lipinski definition) is 1. The van der Waals surface area contributed by atoms with E-state index in [1.54, 1.807) is 0 Å². The third-order valence-electron chi connectivity index (χ3n) is 3.44. The molecular formula is C18H31ClN2. The second-order valence-corrected chi connectivity index (χ2v) is 7.31. The molecule has 3 heteroatoms. The van der Waals surface area contributed by atoms with E-state index in [1.807, 2.05) is 6.07 Å². The van der Waals surface area contributed by atoms with Crippen LogP contribution in [0.1, 0.15) is 47.1 Å². The molecule has 0 saturated heterocycles. The lowest BCUT2D eigenvalue weighted by atomic mass is 10.1. The van der Waals surface area contributed by atoms with Crippen LogP contribution < -0.4 is 10.2 Å². The van der Waals surface area contributed by atoms with Gasteiger partial charge in [0.15, 0.2) is 0 Å². The van der Waals surface area contributed by atoms with Crippen molar-refractivity contribution in [1.82, 2.24) is 5.32 Å². The fourth-order valence-electron chi connectivity index (χ4n) is 2.46. The molecule has 1 aromatic carbocycles. The number of halogens is 1. The van der Waals surface area contributed by atoms with Gasteiger partial charge in [-0.25, -0.2) is 0 Å². The molecule has 0 aromatic heterocycles. The van der Waals surface area contributed by atoms with Crippen molar-refractivity contribution in [2.75, 3.05) is 18.0 Å². The summed E-state index contributed by atoms with van der Waals surface area (Å²) >= 11 is 6.46. The number of rotatable bonds is 8. The number of hydrogen-bond acceptors (Lipinski definition) is 2. The highest BCUT2D eigenvalue weighted by molar-refractivity contribution is 6.31. The topological polar surface area (TPSA) is 15.3 Å². The van der Waals surface area contributed by atoms with Crippen LogP contribution in [0.5, 0.6) is 0 Å². The first kappa shape index (κ1) is 18.3. The SMILES string of the molecule is CC(C)CNCc1c(Cl)cccc1N(CC(C)C)C(C)C.